The maximum Gasteiger partial charge on any atom is 0.372 e. The quantitative estimate of drug-likeness (QED) is 0.927. The van der Waals surface area contributed by atoms with Crippen LogP contribution in [0.5, 0.6) is 5.75 Å². The zero-order chi connectivity index (χ0) is 14.7. The third kappa shape index (κ3) is 2.71. The van der Waals surface area contributed by atoms with E-state index in [-0.39, 0.29) is 5.76 Å². The molecule has 0 atom stereocenters. The first-order valence-corrected chi connectivity index (χ1v) is 6.14. The van der Waals surface area contributed by atoms with Crippen LogP contribution >= 0.6 is 0 Å². The van der Waals surface area contributed by atoms with E-state index in [1.54, 1.807) is 12.1 Å². The minimum Gasteiger partial charge on any atom is -0.493 e. The number of hydrogen-bond donors (Lipinski definition) is 1. The average molecular weight is 274 g/mol. The van der Waals surface area contributed by atoms with E-state index in [1.807, 2.05) is 19.9 Å². The zero-order valence-electron chi connectivity index (χ0n) is 11.2. The van der Waals surface area contributed by atoms with Crippen molar-refractivity contribution in [1.82, 2.24) is 0 Å². The lowest BCUT2D eigenvalue weighted by Crippen LogP contribution is -2.07. The van der Waals surface area contributed by atoms with Gasteiger partial charge in [0.25, 0.3) is 0 Å². The van der Waals surface area contributed by atoms with Crippen LogP contribution in [0, 0.1) is 6.92 Å². The number of rotatable bonds is 4. The molecule has 2 aromatic rings. The minimum atomic E-state index is -1.29. The predicted molar refractivity (Wildman–Crippen MR) is 73.3 cm³/mol. The van der Waals surface area contributed by atoms with Crippen LogP contribution < -0.4 is 10.4 Å². The van der Waals surface area contributed by atoms with Gasteiger partial charge in [-0.3, -0.25) is 0 Å². The van der Waals surface area contributed by atoms with Crippen LogP contribution in [0.25, 0.3) is 11.1 Å². The van der Waals surface area contributed by atoms with E-state index < -0.39 is 11.6 Å². The van der Waals surface area contributed by atoms with Crippen molar-refractivity contribution >= 4 is 5.97 Å². The molecule has 0 aliphatic rings. The summed E-state index contributed by atoms with van der Waals surface area (Å²) < 4.78 is 10.3. The Kier molecular flexibility index (Phi) is 3.89. The van der Waals surface area contributed by atoms with Crippen molar-refractivity contribution in [2.24, 2.45) is 0 Å². The Morgan fingerprint density at radius 3 is 2.65 bits per heavy atom. The number of benzene rings is 1. The lowest BCUT2D eigenvalue weighted by molar-refractivity contribution is 0.0658. The summed E-state index contributed by atoms with van der Waals surface area (Å²) in [5.41, 5.74) is 1.17. The van der Waals surface area contributed by atoms with Gasteiger partial charge in [-0.15, -0.1) is 0 Å². The molecule has 104 valence electrons. The van der Waals surface area contributed by atoms with Crippen molar-refractivity contribution in [3.8, 4) is 16.9 Å². The number of carbonyl (C=O) groups is 1. The van der Waals surface area contributed by atoms with Crippen molar-refractivity contribution in [2.45, 2.75) is 13.8 Å². The standard InChI is InChI=1S/C15H14O5/c1-3-19-12-6-4-9(2)8-11(12)10-5-7-13(16)20-14(10)15(17)18/h4-8H,3H2,1-2H3,(H,17,18). The molecule has 5 heteroatoms. The molecule has 20 heavy (non-hydrogen) atoms. The highest BCUT2D eigenvalue weighted by atomic mass is 16.5. The van der Waals surface area contributed by atoms with E-state index in [1.165, 1.54) is 12.1 Å². The number of carboxylic acid groups (broad SMARTS) is 1. The normalized spacial score (nSPS) is 10.3. The van der Waals surface area contributed by atoms with Crippen molar-refractivity contribution in [2.75, 3.05) is 6.61 Å². The summed E-state index contributed by atoms with van der Waals surface area (Å²) in [6.07, 6.45) is 0. The maximum atomic E-state index is 11.2. The number of carboxylic acids is 1. The highest BCUT2D eigenvalue weighted by molar-refractivity contribution is 5.93. The second-order valence-electron chi connectivity index (χ2n) is 4.24. The molecule has 1 heterocycles. The second kappa shape index (κ2) is 5.61. The van der Waals surface area contributed by atoms with Crippen LogP contribution in [-0.2, 0) is 0 Å². The first kappa shape index (κ1) is 13.9. The van der Waals surface area contributed by atoms with Gasteiger partial charge in [0.15, 0.2) is 0 Å². The maximum absolute atomic E-state index is 11.2. The molecule has 0 bridgehead atoms. The molecule has 0 unspecified atom stereocenters. The predicted octanol–water partition coefficient (Wildman–Crippen LogP) is 2.71. The molecule has 0 saturated carbocycles. The number of ether oxygens (including phenoxy) is 1. The fourth-order valence-electron chi connectivity index (χ4n) is 1.92. The van der Waals surface area contributed by atoms with E-state index in [9.17, 15) is 9.59 Å². The van der Waals surface area contributed by atoms with Gasteiger partial charge in [-0.25, -0.2) is 9.59 Å². The number of aryl methyl sites for hydroxylation is 1. The largest absolute Gasteiger partial charge is 0.493 e. The van der Waals surface area contributed by atoms with Gasteiger partial charge < -0.3 is 14.3 Å². The molecule has 0 saturated heterocycles. The molecular weight excluding hydrogens is 260 g/mol. The molecule has 0 amide bonds. The molecule has 1 aromatic heterocycles. The van der Waals surface area contributed by atoms with E-state index in [4.69, 9.17) is 14.3 Å². The molecule has 2 rings (SSSR count). The van der Waals surface area contributed by atoms with Gasteiger partial charge >= 0.3 is 11.6 Å². The van der Waals surface area contributed by atoms with E-state index in [0.717, 1.165) is 5.56 Å². The molecule has 0 spiro atoms. The Morgan fingerprint density at radius 1 is 1.25 bits per heavy atom. The van der Waals surface area contributed by atoms with Gasteiger partial charge in [0, 0.05) is 17.2 Å². The van der Waals surface area contributed by atoms with Crippen LogP contribution in [0.1, 0.15) is 23.0 Å². The van der Waals surface area contributed by atoms with Crippen LogP contribution in [-0.4, -0.2) is 17.7 Å². The fraction of sp³-hybridized carbons (Fsp3) is 0.200. The lowest BCUT2D eigenvalue weighted by atomic mass is 10.0. The van der Waals surface area contributed by atoms with E-state index in [2.05, 4.69) is 0 Å². The highest BCUT2D eigenvalue weighted by Gasteiger charge is 2.18. The summed E-state index contributed by atoms with van der Waals surface area (Å²) in [7, 11) is 0. The van der Waals surface area contributed by atoms with Crippen molar-refractivity contribution in [3.05, 3.63) is 52.1 Å². The molecule has 1 N–H and O–H groups in total. The van der Waals surface area contributed by atoms with Gasteiger partial charge in [-0.05, 0) is 32.0 Å². The Bertz CT molecular complexity index is 700. The molecule has 0 aliphatic carbocycles. The molecule has 0 radical (unpaired) electrons. The SMILES string of the molecule is CCOc1ccc(C)cc1-c1ccc(=O)oc1C(=O)O. The summed E-state index contributed by atoms with van der Waals surface area (Å²) in [6, 6.07) is 8.07. The van der Waals surface area contributed by atoms with Crippen molar-refractivity contribution in [1.29, 1.82) is 0 Å². The molecule has 0 aliphatic heterocycles. The fourth-order valence-corrected chi connectivity index (χ4v) is 1.92. The van der Waals surface area contributed by atoms with Gasteiger partial charge in [-0.2, -0.15) is 0 Å². The summed E-state index contributed by atoms with van der Waals surface area (Å²) in [4.78, 5) is 22.4. The van der Waals surface area contributed by atoms with Crippen molar-refractivity contribution < 1.29 is 19.1 Å². The average Bonchev–Trinajstić information content (AvgIpc) is 2.41. The Balaban J connectivity index is 2.70. The third-order valence-electron chi connectivity index (χ3n) is 2.75. The summed E-state index contributed by atoms with van der Waals surface area (Å²) in [5.74, 6) is -1.12. The molecular formula is C15H14O5. The minimum absolute atomic E-state index is 0.323. The van der Waals surface area contributed by atoms with Crippen molar-refractivity contribution in [3.63, 3.8) is 0 Å². The first-order chi connectivity index (χ1) is 9.52. The summed E-state index contributed by atoms with van der Waals surface area (Å²) in [6.45, 7) is 4.18. The van der Waals surface area contributed by atoms with Crippen LogP contribution in [0.4, 0.5) is 0 Å². The molecule has 5 nitrogen and oxygen atoms in total. The highest BCUT2D eigenvalue weighted by Crippen LogP contribution is 2.32. The monoisotopic (exact) mass is 274 g/mol. The van der Waals surface area contributed by atoms with Crippen LogP contribution in [0.2, 0.25) is 0 Å². The third-order valence-corrected chi connectivity index (χ3v) is 2.75. The Labute approximate surface area is 115 Å². The molecule has 1 aromatic carbocycles. The topological polar surface area (TPSA) is 76.7 Å². The van der Waals surface area contributed by atoms with E-state index in [0.29, 0.717) is 23.5 Å². The van der Waals surface area contributed by atoms with Gasteiger partial charge in [0.2, 0.25) is 5.76 Å². The Morgan fingerprint density at radius 2 is 2.00 bits per heavy atom. The smallest absolute Gasteiger partial charge is 0.372 e. The Hall–Kier alpha value is -2.56. The molecule has 0 fully saturated rings. The number of hydrogen-bond acceptors (Lipinski definition) is 4. The first-order valence-electron chi connectivity index (χ1n) is 6.14. The van der Waals surface area contributed by atoms with Crippen LogP contribution in [0.3, 0.4) is 0 Å². The second-order valence-corrected chi connectivity index (χ2v) is 4.24. The lowest BCUT2D eigenvalue weighted by Gasteiger charge is -2.12. The number of aromatic carboxylic acids is 1. The van der Waals surface area contributed by atoms with Gasteiger partial charge in [0.1, 0.15) is 5.75 Å². The zero-order valence-corrected chi connectivity index (χ0v) is 11.2. The summed E-state index contributed by atoms with van der Waals surface area (Å²) >= 11 is 0. The van der Waals surface area contributed by atoms with E-state index >= 15 is 0 Å². The van der Waals surface area contributed by atoms with Crippen LogP contribution in [0.15, 0.2) is 39.5 Å². The van der Waals surface area contributed by atoms with Gasteiger partial charge in [0.05, 0.1) is 6.61 Å². The summed E-state index contributed by atoms with van der Waals surface area (Å²) in [5, 5.41) is 9.17. The van der Waals surface area contributed by atoms with Gasteiger partial charge in [-0.1, -0.05) is 11.6 Å².